The second kappa shape index (κ2) is 6.61. The lowest BCUT2D eigenvalue weighted by molar-refractivity contribution is 0.549. The van der Waals surface area contributed by atoms with Gasteiger partial charge < -0.3 is 5.32 Å². The van der Waals surface area contributed by atoms with Crippen molar-refractivity contribution in [1.29, 1.82) is 0 Å². The van der Waals surface area contributed by atoms with Gasteiger partial charge in [0.25, 0.3) is 0 Å². The first kappa shape index (κ1) is 15.4. The van der Waals surface area contributed by atoms with Gasteiger partial charge in [-0.1, -0.05) is 48.3 Å². The van der Waals surface area contributed by atoms with Crippen molar-refractivity contribution >= 4 is 23.2 Å². The van der Waals surface area contributed by atoms with Crippen LogP contribution in [0, 0.1) is 6.92 Å². The van der Waals surface area contributed by atoms with E-state index in [4.69, 9.17) is 23.2 Å². The normalized spacial score (nSPS) is 12.7. The van der Waals surface area contributed by atoms with Crippen LogP contribution in [0.2, 0.25) is 10.2 Å². The van der Waals surface area contributed by atoms with E-state index >= 15 is 0 Å². The third-order valence-corrected chi connectivity index (χ3v) is 4.23. The van der Waals surface area contributed by atoms with Crippen molar-refractivity contribution in [2.75, 3.05) is 6.54 Å². The van der Waals surface area contributed by atoms with Crippen molar-refractivity contribution in [2.45, 2.75) is 26.3 Å². The summed E-state index contributed by atoms with van der Waals surface area (Å²) in [4.78, 5) is 0. The van der Waals surface area contributed by atoms with E-state index in [2.05, 4.69) is 23.4 Å². The van der Waals surface area contributed by atoms with E-state index in [0.29, 0.717) is 5.15 Å². The van der Waals surface area contributed by atoms with Crippen LogP contribution in [0.25, 0.3) is 0 Å². The summed E-state index contributed by atoms with van der Waals surface area (Å²) in [6, 6.07) is 8.04. The molecule has 0 aliphatic carbocycles. The van der Waals surface area contributed by atoms with Crippen molar-refractivity contribution in [3.05, 3.63) is 51.3 Å². The van der Waals surface area contributed by atoms with Crippen LogP contribution >= 0.6 is 23.2 Å². The Kier molecular flexibility index (Phi) is 5.08. The number of aromatic nitrogens is 2. The Labute approximate surface area is 129 Å². The summed E-state index contributed by atoms with van der Waals surface area (Å²) < 4.78 is 1.71. The van der Waals surface area contributed by atoms with Crippen LogP contribution in [0.15, 0.2) is 24.3 Å². The second-order valence-corrected chi connectivity index (χ2v) is 5.58. The minimum absolute atomic E-state index is 0.133. The highest BCUT2D eigenvalue weighted by atomic mass is 35.5. The molecule has 2 rings (SSSR count). The number of aryl methyl sites for hydroxylation is 2. The van der Waals surface area contributed by atoms with E-state index in [-0.39, 0.29) is 6.04 Å². The number of hydrogen-bond acceptors (Lipinski definition) is 2. The SMILES string of the molecule is CCNC(Cc1c(C)nn(C)c1Cl)c1ccccc1Cl. The molecule has 0 amide bonds. The summed E-state index contributed by atoms with van der Waals surface area (Å²) in [6.45, 7) is 4.94. The first-order chi connectivity index (χ1) is 9.54. The largest absolute Gasteiger partial charge is 0.310 e. The third kappa shape index (κ3) is 3.17. The predicted octanol–water partition coefficient (Wildman–Crippen LogP) is 3.93. The van der Waals surface area contributed by atoms with E-state index < -0.39 is 0 Å². The van der Waals surface area contributed by atoms with Gasteiger partial charge in [-0.2, -0.15) is 5.10 Å². The average Bonchev–Trinajstić information content (AvgIpc) is 2.65. The van der Waals surface area contributed by atoms with Crippen molar-refractivity contribution in [3.8, 4) is 0 Å². The maximum atomic E-state index is 6.33. The summed E-state index contributed by atoms with van der Waals surface area (Å²) in [5.41, 5.74) is 3.13. The smallest absolute Gasteiger partial charge is 0.130 e. The molecule has 1 unspecified atom stereocenters. The lowest BCUT2D eigenvalue weighted by atomic mass is 9.99. The Morgan fingerprint density at radius 1 is 1.30 bits per heavy atom. The number of nitrogens with zero attached hydrogens (tertiary/aromatic N) is 2. The Morgan fingerprint density at radius 3 is 2.55 bits per heavy atom. The van der Waals surface area contributed by atoms with Gasteiger partial charge in [-0.3, -0.25) is 4.68 Å². The number of rotatable bonds is 5. The molecule has 5 heteroatoms. The number of benzene rings is 1. The van der Waals surface area contributed by atoms with Crippen molar-refractivity contribution in [2.24, 2.45) is 7.05 Å². The fourth-order valence-corrected chi connectivity index (χ4v) is 2.93. The van der Waals surface area contributed by atoms with Crippen LogP contribution in [0.4, 0.5) is 0 Å². The molecule has 108 valence electrons. The van der Waals surface area contributed by atoms with Crippen LogP contribution in [0.1, 0.15) is 29.8 Å². The van der Waals surface area contributed by atoms with E-state index in [1.165, 1.54) is 0 Å². The molecular weight excluding hydrogens is 293 g/mol. The molecule has 0 aliphatic rings. The van der Waals surface area contributed by atoms with Gasteiger partial charge in [0.15, 0.2) is 0 Å². The van der Waals surface area contributed by atoms with Gasteiger partial charge >= 0.3 is 0 Å². The molecule has 2 aromatic rings. The van der Waals surface area contributed by atoms with E-state index in [9.17, 15) is 0 Å². The van der Waals surface area contributed by atoms with Crippen molar-refractivity contribution in [3.63, 3.8) is 0 Å². The molecular formula is C15H19Cl2N3. The fraction of sp³-hybridized carbons (Fsp3) is 0.400. The maximum absolute atomic E-state index is 6.33. The summed E-state index contributed by atoms with van der Waals surface area (Å²) in [7, 11) is 1.86. The molecule has 1 aromatic heterocycles. The summed E-state index contributed by atoms with van der Waals surface area (Å²) in [6.07, 6.45) is 0.774. The summed E-state index contributed by atoms with van der Waals surface area (Å²) in [5.74, 6) is 0. The van der Waals surface area contributed by atoms with Crippen LogP contribution in [-0.4, -0.2) is 16.3 Å². The highest BCUT2D eigenvalue weighted by molar-refractivity contribution is 6.31. The molecule has 0 fully saturated rings. The highest BCUT2D eigenvalue weighted by Crippen LogP contribution is 2.29. The van der Waals surface area contributed by atoms with E-state index in [1.807, 2.05) is 32.2 Å². The molecule has 0 aliphatic heterocycles. The minimum Gasteiger partial charge on any atom is -0.310 e. The zero-order valence-electron chi connectivity index (χ0n) is 12.0. The maximum Gasteiger partial charge on any atom is 0.130 e. The lowest BCUT2D eigenvalue weighted by Gasteiger charge is -2.19. The zero-order chi connectivity index (χ0) is 14.7. The molecule has 0 saturated heterocycles. The monoisotopic (exact) mass is 311 g/mol. The van der Waals surface area contributed by atoms with Gasteiger partial charge in [-0.15, -0.1) is 0 Å². The number of likely N-dealkylation sites (N-methyl/N-ethyl adjacent to an activating group) is 1. The number of hydrogen-bond donors (Lipinski definition) is 1. The van der Waals surface area contributed by atoms with Gasteiger partial charge in [-0.25, -0.2) is 0 Å². The molecule has 1 N–H and O–H groups in total. The third-order valence-electron chi connectivity index (χ3n) is 3.41. The quantitative estimate of drug-likeness (QED) is 0.906. The Hall–Kier alpha value is -1.03. The Bertz CT molecular complexity index is 593. The predicted molar refractivity (Wildman–Crippen MR) is 84.5 cm³/mol. The molecule has 0 saturated carbocycles. The summed E-state index contributed by atoms with van der Waals surface area (Å²) >= 11 is 12.6. The minimum atomic E-state index is 0.133. The highest BCUT2D eigenvalue weighted by Gasteiger charge is 2.19. The van der Waals surface area contributed by atoms with Crippen LogP contribution in [-0.2, 0) is 13.5 Å². The lowest BCUT2D eigenvalue weighted by Crippen LogP contribution is -2.23. The first-order valence-electron chi connectivity index (χ1n) is 6.70. The molecule has 0 bridgehead atoms. The van der Waals surface area contributed by atoms with Gasteiger partial charge in [0.1, 0.15) is 5.15 Å². The molecule has 20 heavy (non-hydrogen) atoms. The van der Waals surface area contributed by atoms with Crippen LogP contribution < -0.4 is 5.32 Å². The van der Waals surface area contributed by atoms with Crippen molar-refractivity contribution < 1.29 is 0 Å². The van der Waals surface area contributed by atoms with Crippen LogP contribution in [0.5, 0.6) is 0 Å². The topological polar surface area (TPSA) is 29.9 Å². The molecule has 1 aromatic carbocycles. The standard InChI is InChI=1S/C15H19Cl2N3/c1-4-18-14(11-7-5-6-8-13(11)16)9-12-10(2)19-20(3)15(12)17/h5-8,14,18H,4,9H2,1-3H3. The average molecular weight is 312 g/mol. The van der Waals surface area contributed by atoms with Gasteiger partial charge in [0, 0.05) is 23.7 Å². The fourth-order valence-electron chi connectivity index (χ4n) is 2.41. The van der Waals surface area contributed by atoms with Crippen molar-refractivity contribution in [1.82, 2.24) is 15.1 Å². The first-order valence-corrected chi connectivity index (χ1v) is 7.46. The molecule has 0 spiro atoms. The number of halogens is 2. The molecule has 1 atom stereocenters. The molecule has 0 radical (unpaired) electrons. The van der Waals surface area contributed by atoms with Crippen LogP contribution in [0.3, 0.4) is 0 Å². The Balaban J connectivity index is 2.33. The molecule has 3 nitrogen and oxygen atoms in total. The Morgan fingerprint density at radius 2 is 2.00 bits per heavy atom. The summed E-state index contributed by atoms with van der Waals surface area (Å²) in [5, 5.41) is 9.30. The zero-order valence-corrected chi connectivity index (χ0v) is 13.5. The second-order valence-electron chi connectivity index (χ2n) is 4.81. The van der Waals surface area contributed by atoms with Gasteiger partial charge in [-0.05, 0) is 31.5 Å². The number of nitrogens with one attached hydrogen (secondary N) is 1. The van der Waals surface area contributed by atoms with E-state index in [0.717, 1.165) is 34.8 Å². The van der Waals surface area contributed by atoms with Gasteiger partial charge in [0.05, 0.1) is 5.69 Å². The van der Waals surface area contributed by atoms with E-state index in [1.54, 1.807) is 4.68 Å². The van der Waals surface area contributed by atoms with Gasteiger partial charge in [0.2, 0.25) is 0 Å². The molecule has 1 heterocycles.